The molecule has 0 bridgehead atoms. The Morgan fingerprint density at radius 3 is 1.90 bits per heavy atom. The van der Waals surface area contributed by atoms with E-state index >= 15 is 0 Å². The molecule has 2 rings (SSSR count). The molecule has 12 heteroatoms. The molecule has 39 heavy (non-hydrogen) atoms. The molecule has 0 radical (unpaired) electrons. The number of amides is 3. The summed E-state index contributed by atoms with van der Waals surface area (Å²) in [6.45, 7) is 4.47. The number of alkyl halides is 3. The number of Topliss-reactive ketones (excluding diaryl/α,β-unsaturated/α-hetero) is 1. The number of methoxy groups -OCH3 is 1. The third-order valence-corrected chi connectivity index (χ3v) is 5.92. The van der Waals surface area contributed by atoms with E-state index in [9.17, 15) is 32.3 Å². The number of nitrogens with one attached hydrogen (secondary N) is 3. The highest BCUT2D eigenvalue weighted by atomic mass is 19.4. The van der Waals surface area contributed by atoms with E-state index < -0.39 is 53.7 Å². The van der Waals surface area contributed by atoms with Crippen LogP contribution in [0.3, 0.4) is 0 Å². The van der Waals surface area contributed by atoms with E-state index in [4.69, 9.17) is 10.5 Å². The van der Waals surface area contributed by atoms with Crippen LogP contribution in [0.15, 0.2) is 48.5 Å². The molecule has 0 saturated carbocycles. The van der Waals surface area contributed by atoms with E-state index in [0.717, 1.165) is 5.56 Å². The third kappa shape index (κ3) is 9.10. The summed E-state index contributed by atoms with van der Waals surface area (Å²) < 4.78 is 44.4. The van der Waals surface area contributed by atoms with Crippen LogP contribution in [-0.4, -0.2) is 48.9 Å². The Morgan fingerprint density at radius 2 is 1.41 bits per heavy atom. The fourth-order valence-corrected chi connectivity index (χ4v) is 3.65. The molecule has 9 nitrogen and oxygen atoms in total. The van der Waals surface area contributed by atoms with Crippen LogP contribution >= 0.6 is 0 Å². The molecule has 0 aromatic heterocycles. The SMILES string of the molecule is COc1ccc(C(NC(=O)C(C)NC(=O)Cc2ccc(CN)cc2)C(=O)NC(C(=O)C(F)(F)F)C(C)C)cc1. The van der Waals surface area contributed by atoms with E-state index in [-0.39, 0.29) is 12.0 Å². The normalized spacial score (nSPS) is 13.7. The number of ether oxygens (including phenoxy) is 1. The molecule has 212 valence electrons. The van der Waals surface area contributed by atoms with Crippen molar-refractivity contribution >= 4 is 23.5 Å². The molecule has 0 spiro atoms. The highest BCUT2D eigenvalue weighted by Crippen LogP contribution is 2.23. The first-order valence-electron chi connectivity index (χ1n) is 12.2. The van der Waals surface area contributed by atoms with Gasteiger partial charge in [0.25, 0.3) is 5.78 Å². The van der Waals surface area contributed by atoms with Crippen LogP contribution in [-0.2, 0) is 32.1 Å². The lowest BCUT2D eigenvalue weighted by molar-refractivity contribution is -0.175. The average Bonchev–Trinajstić information content (AvgIpc) is 2.89. The van der Waals surface area contributed by atoms with E-state index in [1.54, 1.807) is 24.3 Å². The van der Waals surface area contributed by atoms with Gasteiger partial charge in [-0.25, -0.2) is 0 Å². The quantitative estimate of drug-likeness (QED) is 0.320. The standard InChI is InChI=1S/C27H33F3N4O5/c1-15(2)22(24(36)27(28,29)30)33-26(38)23(19-9-11-20(39-4)12-10-19)34-25(37)16(3)32-21(35)13-17-5-7-18(14-31)8-6-17/h5-12,15-16,22-23H,13-14,31H2,1-4H3,(H,32,35)(H,33,38)(H,34,37). The zero-order chi connectivity index (χ0) is 29.3. The van der Waals surface area contributed by atoms with Crippen molar-refractivity contribution in [3.05, 3.63) is 65.2 Å². The van der Waals surface area contributed by atoms with Gasteiger partial charge in [-0.15, -0.1) is 0 Å². The Labute approximate surface area is 224 Å². The first-order chi connectivity index (χ1) is 18.3. The second-order valence-electron chi connectivity index (χ2n) is 9.29. The van der Waals surface area contributed by atoms with Gasteiger partial charge >= 0.3 is 6.18 Å². The second kappa shape index (κ2) is 13.7. The lowest BCUT2D eigenvalue weighted by atomic mass is 9.97. The Hall–Kier alpha value is -3.93. The van der Waals surface area contributed by atoms with Crippen LogP contribution < -0.4 is 26.4 Å². The lowest BCUT2D eigenvalue weighted by Gasteiger charge is -2.26. The molecule has 5 N–H and O–H groups in total. The summed E-state index contributed by atoms with van der Waals surface area (Å²) in [5.74, 6) is -4.79. The number of carbonyl (C=O) groups is 4. The monoisotopic (exact) mass is 550 g/mol. The average molecular weight is 551 g/mol. The molecule has 0 aliphatic heterocycles. The van der Waals surface area contributed by atoms with Crippen molar-refractivity contribution in [3.8, 4) is 5.75 Å². The molecule has 0 saturated heterocycles. The maximum Gasteiger partial charge on any atom is 0.452 e. The van der Waals surface area contributed by atoms with Crippen molar-refractivity contribution in [2.45, 2.75) is 58.0 Å². The first-order valence-corrected chi connectivity index (χ1v) is 12.2. The molecule has 0 aliphatic rings. The minimum absolute atomic E-state index is 0.0134. The van der Waals surface area contributed by atoms with Crippen LogP contribution in [0.1, 0.15) is 43.5 Å². The zero-order valence-electron chi connectivity index (χ0n) is 22.1. The molecule has 2 aromatic carbocycles. The number of nitrogens with two attached hydrogens (primary N) is 1. The highest BCUT2D eigenvalue weighted by Gasteiger charge is 2.45. The molecule has 3 unspecified atom stereocenters. The molecule has 0 fully saturated rings. The van der Waals surface area contributed by atoms with Crippen molar-refractivity contribution in [2.75, 3.05) is 7.11 Å². The summed E-state index contributed by atoms with van der Waals surface area (Å²) in [5, 5.41) is 7.13. The van der Waals surface area contributed by atoms with E-state index in [0.29, 0.717) is 17.9 Å². The van der Waals surface area contributed by atoms with Gasteiger partial charge < -0.3 is 26.4 Å². The van der Waals surface area contributed by atoms with E-state index in [1.807, 2.05) is 0 Å². The Kier molecular flexibility index (Phi) is 11.0. The molecule has 3 amide bonds. The number of rotatable bonds is 12. The topological polar surface area (TPSA) is 140 Å². The van der Waals surface area contributed by atoms with Crippen molar-refractivity contribution in [2.24, 2.45) is 11.7 Å². The number of carbonyl (C=O) groups excluding carboxylic acids is 4. The first kappa shape index (κ1) is 31.3. The van der Waals surface area contributed by atoms with Gasteiger partial charge in [0, 0.05) is 6.54 Å². The van der Waals surface area contributed by atoms with Gasteiger partial charge in [0.2, 0.25) is 17.7 Å². The van der Waals surface area contributed by atoms with Crippen LogP contribution in [0.25, 0.3) is 0 Å². The van der Waals surface area contributed by atoms with Gasteiger partial charge in [0.15, 0.2) is 0 Å². The Balaban J connectivity index is 2.20. The Bertz CT molecular complexity index is 1150. The van der Waals surface area contributed by atoms with E-state index in [1.165, 1.54) is 52.1 Å². The van der Waals surface area contributed by atoms with Crippen LogP contribution in [0.4, 0.5) is 13.2 Å². The van der Waals surface area contributed by atoms with Gasteiger partial charge in [-0.1, -0.05) is 50.2 Å². The molecule has 0 aliphatic carbocycles. The fraction of sp³-hybridized carbons (Fsp3) is 0.407. The molecule has 3 atom stereocenters. The molecular formula is C27H33F3N4O5. The van der Waals surface area contributed by atoms with Crippen molar-refractivity contribution in [3.63, 3.8) is 0 Å². The fourth-order valence-electron chi connectivity index (χ4n) is 3.65. The smallest absolute Gasteiger partial charge is 0.452 e. The number of ketones is 1. The summed E-state index contributed by atoms with van der Waals surface area (Å²) in [6.07, 6.45) is -5.18. The minimum Gasteiger partial charge on any atom is -0.497 e. The maximum atomic E-state index is 13.1. The predicted octanol–water partition coefficient (Wildman–Crippen LogP) is 2.33. The Morgan fingerprint density at radius 1 is 0.846 bits per heavy atom. The molecule has 2 aromatic rings. The molecule has 0 heterocycles. The highest BCUT2D eigenvalue weighted by molar-refractivity contribution is 5.96. The second-order valence-corrected chi connectivity index (χ2v) is 9.29. The number of benzene rings is 2. The summed E-state index contributed by atoms with van der Waals surface area (Å²) in [6, 6.07) is 8.54. The van der Waals surface area contributed by atoms with Gasteiger partial charge in [-0.05, 0) is 41.7 Å². The largest absolute Gasteiger partial charge is 0.497 e. The van der Waals surface area contributed by atoms with Gasteiger partial charge in [-0.2, -0.15) is 13.2 Å². The van der Waals surface area contributed by atoms with Crippen molar-refractivity contribution < 1.29 is 37.1 Å². The third-order valence-electron chi connectivity index (χ3n) is 5.92. The number of hydrogen-bond acceptors (Lipinski definition) is 6. The predicted molar refractivity (Wildman–Crippen MR) is 137 cm³/mol. The van der Waals surface area contributed by atoms with Crippen LogP contribution in [0.5, 0.6) is 5.75 Å². The van der Waals surface area contributed by atoms with E-state index in [2.05, 4.69) is 16.0 Å². The zero-order valence-corrected chi connectivity index (χ0v) is 22.1. The maximum absolute atomic E-state index is 13.1. The number of halogens is 3. The van der Waals surface area contributed by atoms with Gasteiger partial charge in [0.1, 0.15) is 17.8 Å². The van der Waals surface area contributed by atoms with Gasteiger partial charge in [-0.3, -0.25) is 19.2 Å². The number of hydrogen-bond donors (Lipinski definition) is 4. The van der Waals surface area contributed by atoms with Crippen LogP contribution in [0, 0.1) is 5.92 Å². The van der Waals surface area contributed by atoms with Crippen LogP contribution in [0.2, 0.25) is 0 Å². The van der Waals surface area contributed by atoms with Crippen molar-refractivity contribution in [1.82, 2.24) is 16.0 Å². The summed E-state index contributed by atoms with van der Waals surface area (Å²) in [7, 11) is 1.42. The summed E-state index contributed by atoms with van der Waals surface area (Å²) in [5.41, 5.74) is 7.38. The lowest BCUT2D eigenvalue weighted by Crippen LogP contribution is -2.54. The molecular weight excluding hydrogens is 517 g/mol. The van der Waals surface area contributed by atoms with Crippen molar-refractivity contribution in [1.29, 1.82) is 0 Å². The summed E-state index contributed by atoms with van der Waals surface area (Å²) in [4.78, 5) is 50.5. The summed E-state index contributed by atoms with van der Waals surface area (Å²) >= 11 is 0. The van der Waals surface area contributed by atoms with Gasteiger partial charge in [0.05, 0.1) is 19.6 Å². The minimum atomic E-state index is -5.16.